The number of hydrogen-bond donors (Lipinski definition) is 1. The Balaban J connectivity index is 2.32. The fraction of sp³-hybridized carbons (Fsp3) is 0.222. The predicted octanol–water partition coefficient (Wildman–Crippen LogP) is 4.94. The van der Waals surface area contributed by atoms with Gasteiger partial charge in [-0.15, -0.1) is 0 Å². The van der Waals surface area contributed by atoms with E-state index < -0.39 is 0 Å². The first-order valence-corrected chi connectivity index (χ1v) is 8.01. The Hall–Kier alpha value is -1.71. The molecular weight excluding hydrogens is 312 g/mol. The van der Waals surface area contributed by atoms with E-state index in [1.54, 1.807) is 0 Å². The van der Waals surface area contributed by atoms with E-state index in [9.17, 15) is 0 Å². The second kappa shape index (κ2) is 5.82. The summed E-state index contributed by atoms with van der Waals surface area (Å²) >= 11 is 11.9. The van der Waals surface area contributed by atoms with Gasteiger partial charge in [0.15, 0.2) is 0 Å². The van der Waals surface area contributed by atoms with Crippen LogP contribution in [-0.2, 0) is 0 Å². The first-order valence-electron chi connectivity index (χ1n) is 7.22. The summed E-state index contributed by atoms with van der Waals surface area (Å²) in [7, 11) is 0. The summed E-state index contributed by atoms with van der Waals surface area (Å²) in [6.07, 6.45) is 0. The number of nitrogens with zero attached hydrogens (tertiary/aromatic N) is 1. The number of fused-ring (bicyclic) bond motifs is 1. The molecule has 0 spiro atoms. The van der Waals surface area contributed by atoms with Crippen molar-refractivity contribution in [1.82, 2.24) is 0 Å². The molecule has 1 heterocycles. The van der Waals surface area contributed by atoms with Crippen molar-refractivity contribution < 1.29 is 0 Å². The van der Waals surface area contributed by atoms with Crippen LogP contribution in [0.4, 0.5) is 5.69 Å². The van der Waals surface area contributed by atoms with Crippen LogP contribution in [0, 0.1) is 13.8 Å². The van der Waals surface area contributed by atoms with E-state index in [0.29, 0.717) is 5.02 Å². The standard InChI is InChI=1S/C18H17ClN2S/c1-10-8-11(2)16-15(9-10)21-18(22)12(3)20-17(16)13-6-4-5-7-14(13)19/h4-9,12H,1-3H3,(H,21,22). The summed E-state index contributed by atoms with van der Waals surface area (Å²) in [6.45, 7) is 6.18. The molecule has 2 aromatic rings. The van der Waals surface area contributed by atoms with Crippen LogP contribution in [0.15, 0.2) is 41.4 Å². The Kier molecular flexibility index (Phi) is 4.02. The van der Waals surface area contributed by atoms with Crippen LogP contribution in [0.3, 0.4) is 0 Å². The third-order valence-corrected chi connectivity index (χ3v) is 4.58. The quantitative estimate of drug-likeness (QED) is 0.750. The summed E-state index contributed by atoms with van der Waals surface area (Å²) in [5.74, 6) is 0. The topological polar surface area (TPSA) is 24.4 Å². The lowest BCUT2D eigenvalue weighted by atomic mass is 9.94. The second-order valence-electron chi connectivity index (χ2n) is 5.63. The number of halogens is 1. The molecule has 3 rings (SSSR count). The van der Waals surface area contributed by atoms with Crippen molar-refractivity contribution in [1.29, 1.82) is 0 Å². The molecule has 0 aliphatic carbocycles. The zero-order valence-corrected chi connectivity index (χ0v) is 14.3. The fourth-order valence-corrected chi connectivity index (χ4v) is 3.18. The summed E-state index contributed by atoms with van der Waals surface area (Å²) < 4.78 is 0. The molecular formula is C18H17ClN2S. The zero-order valence-electron chi connectivity index (χ0n) is 12.8. The number of nitrogens with one attached hydrogen (secondary N) is 1. The molecule has 1 atom stereocenters. The van der Waals surface area contributed by atoms with E-state index >= 15 is 0 Å². The van der Waals surface area contributed by atoms with Crippen LogP contribution in [0.25, 0.3) is 0 Å². The molecule has 1 N–H and O–H groups in total. The van der Waals surface area contributed by atoms with Crippen molar-refractivity contribution in [2.45, 2.75) is 26.8 Å². The van der Waals surface area contributed by atoms with E-state index in [2.05, 4.69) is 31.3 Å². The van der Waals surface area contributed by atoms with Crippen LogP contribution in [0.5, 0.6) is 0 Å². The highest BCUT2D eigenvalue weighted by molar-refractivity contribution is 7.80. The van der Waals surface area contributed by atoms with Crippen LogP contribution in [-0.4, -0.2) is 16.7 Å². The Bertz CT molecular complexity index is 796. The average molecular weight is 329 g/mol. The number of anilines is 1. The van der Waals surface area contributed by atoms with E-state index in [-0.39, 0.29) is 6.04 Å². The summed E-state index contributed by atoms with van der Waals surface area (Å²) in [4.78, 5) is 5.58. The molecule has 0 radical (unpaired) electrons. The number of rotatable bonds is 1. The maximum Gasteiger partial charge on any atom is 0.104 e. The fourth-order valence-electron chi connectivity index (χ4n) is 2.79. The molecule has 22 heavy (non-hydrogen) atoms. The molecule has 2 aromatic carbocycles. The molecule has 112 valence electrons. The van der Waals surface area contributed by atoms with Crippen LogP contribution in [0.1, 0.15) is 29.2 Å². The molecule has 0 saturated heterocycles. The van der Waals surface area contributed by atoms with Crippen LogP contribution < -0.4 is 5.32 Å². The second-order valence-corrected chi connectivity index (χ2v) is 6.47. The van der Waals surface area contributed by atoms with Gasteiger partial charge in [-0.2, -0.15) is 0 Å². The molecule has 2 nitrogen and oxygen atoms in total. The molecule has 0 bridgehead atoms. The molecule has 1 aliphatic rings. The third kappa shape index (κ3) is 2.67. The van der Waals surface area contributed by atoms with E-state index in [4.69, 9.17) is 28.8 Å². The minimum absolute atomic E-state index is 0.0895. The minimum atomic E-state index is -0.0895. The Morgan fingerprint density at radius 3 is 2.64 bits per heavy atom. The number of hydrogen-bond acceptors (Lipinski definition) is 2. The van der Waals surface area contributed by atoms with Gasteiger partial charge in [0.1, 0.15) is 4.99 Å². The van der Waals surface area contributed by atoms with Crippen molar-refractivity contribution in [3.8, 4) is 0 Å². The molecule has 0 aromatic heterocycles. The van der Waals surface area contributed by atoms with Crippen molar-refractivity contribution in [2.75, 3.05) is 5.32 Å². The van der Waals surface area contributed by atoms with Crippen molar-refractivity contribution in [3.05, 3.63) is 63.7 Å². The largest absolute Gasteiger partial charge is 0.348 e. The first kappa shape index (κ1) is 15.2. The van der Waals surface area contributed by atoms with E-state index in [1.165, 1.54) is 5.56 Å². The number of benzodiazepines with no additional fused rings is 1. The smallest absolute Gasteiger partial charge is 0.104 e. The number of benzene rings is 2. The lowest BCUT2D eigenvalue weighted by molar-refractivity contribution is 0.991. The predicted molar refractivity (Wildman–Crippen MR) is 98.7 cm³/mol. The first-order chi connectivity index (χ1) is 10.5. The zero-order chi connectivity index (χ0) is 15.9. The van der Waals surface area contributed by atoms with Gasteiger partial charge in [0.25, 0.3) is 0 Å². The van der Waals surface area contributed by atoms with Crippen molar-refractivity contribution >= 4 is 40.2 Å². The van der Waals surface area contributed by atoms with Gasteiger partial charge in [-0.3, -0.25) is 4.99 Å². The highest BCUT2D eigenvalue weighted by atomic mass is 35.5. The van der Waals surface area contributed by atoms with Crippen molar-refractivity contribution in [2.24, 2.45) is 4.99 Å². The van der Waals surface area contributed by atoms with Gasteiger partial charge in [-0.1, -0.05) is 48.1 Å². The maximum absolute atomic E-state index is 6.41. The van der Waals surface area contributed by atoms with E-state index in [1.807, 2.05) is 31.2 Å². The highest BCUT2D eigenvalue weighted by Crippen LogP contribution is 2.31. The number of aryl methyl sites for hydroxylation is 2. The van der Waals surface area contributed by atoms with Crippen LogP contribution >= 0.6 is 23.8 Å². The van der Waals surface area contributed by atoms with Gasteiger partial charge in [0.05, 0.1) is 11.8 Å². The minimum Gasteiger partial charge on any atom is -0.348 e. The highest BCUT2D eigenvalue weighted by Gasteiger charge is 2.23. The molecule has 0 saturated carbocycles. The molecule has 4 heteroatoms. The summed E-state index contributed by atoms with van der Waals surface area (Å²) in [5.41, 5.74) is 6.28. The Morgan fingerprint density at radius 1 is 1.18 bits per heavy atom. The van der Waals surface area contributed by atoms with Gasteiger partial charge < -0.3 is 5.32 Å². The van der Waals surface area contributed by atoms with Gasteiger partial charge >= 0.3 is 0 Å². The SMILES string of the molecule is Cc1cc(C)c2c(c1)NC(=S)C(C)N=C2c1ccccc1Cl. The van der Waals surface area contributed by atoms with Gasteiger partial charge in [0, 0.05) is 21.8 Å². The lowest BCUT2D eigenvalue weighted by Crippen LogP contribution is -2.20. The summed E-state index contributed by atoms with van der Waals surface area (Å²) in [6, 6.07) is 12.0. The maximum atomic E-state index is 6.41. The Labute approximate surface area is 141 Å². The average Bonchev–Trinajstić information content (AvgIpc) is 2.57. The van der Waals surface area contributed by atoms with Crippen LogP contribution in [0.2, 0.25) is 5.02 Å². The Morgan fingerprint density at radius 2 is 1.91 bits per heavy atom. The normalized spacial score (nSPS) is 17.4. The molecule has 1 aliphatic heterocycles. The number of thiocarbonyl (C=S) groups is 1. The third-order valence-electron chi connectivity index (χ3n) is 3.81. The van der Waals surface area contributed by atoms with Gasteiger partial charge in [-0.25, -0.2) is 0 Å². The van der Waals surface area contributed by atoms with Gasteiger partial charge in [-0.05, 0) is 44.0 Å². The summed E-state index contributed by atoms with van der Waals surface area (Å²) in [5, 5.41) is 4.05. The van der Waals surface area contributed by atoms with Crippen molar-refractivity contribution in [3.63, 3.8) is 0 Å². The van der Waals surface area contributed by atoms with Gasteiger partial charge in [0.2, 0.25) is 0 Å². The molecule has 0 fully saturated rings. The number of aliphatic imine (C=N–C) groups is 1. The molecule has 1 unspecified atom stereocenters. The molecule has 0 amide bonds. The van der Waals surface area contributed by atoms with E-state index in [0.717, 1.165) is 33.1 Å². The monoisotopic (exact) mass is 328 g/mol. The lowest BCUT2D eigenvalue weighted by Gasteiger charge is -2.15.